The Morgan fingerprint density at radius 2 is 2.04 bits per heavy atom. The molecule has 0 amide bonds. The number of carbonyl (C=O) groups is 1. The molecule has 0 radical (unpaired) electrons. The Morgan fingerprint density at radius 3 is 2.69 bits per heavy atom. The molecule has 0 unspecified atom stereocenters. The van der Waals surface area contributed by atoms with Gasteiger partial charge in [-0.1, -0.05) is 13.0 Å². The summed E-state index contributed by atoms with van der Waals surface area (Å²) in [6.45, 7) is 8.97. The first-order chi connectivity index (χ1) is 12.4. The van der Waals surface area contributed by atoms with Crippen LogP contribution in [0.15, 0.2) is 30.5 Å². The van der Waals surface area contributed by atoms with Crippen molar-refractivity contribution >= 4 is 22.5 Å². The second-order valence-electron chi connectivity index (χ2n) is 6.65. The Hall–Kier alpha value is -2.69. The smallest absolute Gasteiger partial charge is 0.162 e. The van der Waals surface area contributed by atoms with E-state index in [0.717, 1.165) is 52.1 Å². The molecule has 0 bridgehead atoms. The molecule has 1 N–H and O–H groups in total. The monoisotopic (exact) mass is 353 g/mol. The lowest BCUT2D eigenvalue weighted by Crippen LogP contribution is -2.07. The van der Waals surface area contributed by atoms with E-state index in [1.807, 2.05) is 19.9 Å². The van der Waals surface area contributed by atoms with Gasteiger partial charge >= 0.3 is 0 Å². The highest BCUT2D eigenvalue weighted by atomic mass is 19.1. The number of pyridine rings is 1. The van der Waals surface area contributed by atoms with Crippen LogP contribution in [0.25, 0.3) is 10.9 Å². The molecular formula is C21H24FN3O. The van der Waals surface area contributed by atoms with Gasteiger partial charge in [0.1, 0.15) is 5.82 Å². The van der Waals surface area contributed by atoms with Gasteiger partial charge < -0.3 is 9.88 Å². The molecule has 0 atom stereocenters. The molecule has 0 saturated carbocycles. The van der Waals surface area contributed by atoms with E-state index in [1.54, 1.807) is 19.2 Å². The molecule has 0 fully saturated rings. The number of nitrogens with zero attached hydrogens (tertiary/aromatic N) is 2. The van der Waals surface area contributed by atoms with Crippen LogP contribution in [-0.4, -0.2) is 15.3 Å². The topological polar surface area (TPSA) is 46.9 Å². The highest BCUT2D eigenvalue weighted by molar-refractivity contribution is 6.10. The summed E-state index contributed by atoms with van der Waals surface area (Å²) in [6.07, 6.45) is 2.69. The zero-order valence-electron chi connectivity index (χ0n) is 15.7. The first-order valence-corrected chi connectivity index (χ1v) is 8.91. The fourth-order valence-electron chi connectivity index (χ4n) is 3.54. The van der Waals surface area contributed by atoms with E-state index in [-0.39, 0.29) is 11.6 Å². The van der Waals surface area contributed by atoms with Gasteiger partial charge in [-0.25, -0.2) is 9.37 Å². The molecule has 0 spiro atoms. The highest BCUT2D eigenvalue weighted by Crippen LogP contribution is 2.31. The third-order valence-electron chi connectivity index (χ3n) is 4.78. The van der Waals surface area contributed by atoms with Crippen LogP contribution in [0.5, 0.6) is 0 Å². The second kappa shape index (κ2) is 7.28. The van der Waals surface area contributed by atoms with E-state index in [9.17, 15) is 9.18 Å². The SMILES string of the molecule is CCCn1c(C)c(C(C)=O)c2ccnc(NCc3ccc(F)cc3C)c21. The molecular weight excluding hydrogens is 329 g/mol. The van der Waals surface area contributed by atoms with Gasteiger partial charge in [-0.3, -0.25) is 4.79 Å². The molecule has 3 rings (SSSR count). The van der Waals surface area contributed by atoms with Crippen molar-refractivity contribution in [1.82, 2.24) is 9.55 Å². The van der Waals surface area contributed by atoms with Crippen LogP contribution in [0.1, 0.15) is 47.4 Å². The maximum Gasteiger partial charge on any atom is 0.162 e. The predicted molar refractivity (Wildman–Crippen MR) is 103 cm³/mol. The third-order valence-corrected chi connectivity index (χ3v) is 4.78. The number of hydrogen-bond acceptors (Lipinski definition) is 3. The lowest BCUT2D eigenvalue weighted by atomic mass is 10.1. The first kappa shape index (κ1) is 18.1. The fourth-order valence-corrected chi connectivity index (χ4v) is 3.54. The summed E-state index contributed by atoms with van der Waals surface area (Å²) < 4.78 is 15.5. The van der Waals surface area contributed by atoms with E-state index in [2.05, 4.69) is 21.8 Å². The average Bonchev–Trinajstić information content (AvgIpc) is 2.87. The molecule has 0 aliphatic carbocycles. The molecule has 136 valence electrons. The highest BCUT2D eigenvalue weighted by Gasteiger charge is 2.19. The summed E-state index contributed by atoms with van der Waals surface area (Å²) >= 11 is 0. The lowest BCUT2D eigenvalue weighted by molar-refractivity contribution is 0.101. The van der Waals surface area contributed by atoms with Crippen LogP contribution < -0.4 is 5.32 Å². The third kappa shape index (κ3) is 3.21. The number of benzene rings is 1. The number of Topliss-reactive ketones (excluding diaryl/α,β-unsaturated/α-hetero) is 1. The number of nitrogens with one attached hydrogen (secondary N) is 1. The molecule has 2 heterocycles. The molecule has 3 aromatic rings. The van der Waals surface area contributed by atoms with E-state index >= 15 is 0 Å². The van der Waals surface area contributed by atoms with Gasteiger partial charge in [0.15, 0.2) is 11.6 Å². The zero-order chi connectivity index (χ0) is 18.8. The molecule has 26 heavy (non-hydrogen) atoms. The number of ketones is 1. The van der Waals surface area contributed by atoms with Gasteiger partial charge in [0, 0.05) is 35.9 Å². The summed E-state index contributed by atoms with van der Waals surface area (Å²) in [5.41, 5.74) is 4.61. The number of carbonyl (C=O) groups excluding carboxylic acids is 1. The van der Waals surface area contributed by atoms with Crippen molar-refractivity contribution in [3.63, 3.8) is 0 Å². The number of hydrogen-bond donors (Lipinski definition) is 1. The number of anilines is 1. The Morgan fingerprint density at radius 1 is 1.27 bits per heavy atom. The number of aromatic nitrogens is 2. The quantitative estimate of drug-likeness (QED) is 0.633. The molecule has 0 aliphatic rings. The second-order valence-corrected chi connectivity index (χ2v) is 6.65. The Bertz CT molecular complexity index is 975. The van der Waals surface area contributed by atoms with Crippen LogP contribution in [0, 0.1) is 19.7 Å². The fraction of sp³-hybridized carbons (Fsp3) is 0.333. The van der Waals surface area contributed by atoms with E-state index in [1.165, 1.54) is 12.1 Å². The maximum absolute atomic E-state index is 13.3. The molecule has 4 nitrogen and oxygen atoms in total. The Labute approximate surface area is 153 Å². The minimum absolute atomic E-state index is 0.0638. The van der Waals surface area contributed by atoms with E-state index in [0.29, 0.717) is 6.54 Å². The van der Waals surface area contributed by atoms with Crippen molar-refractivity contribution in [3.05, 3.63) is 58.7 Å². The lowest BCUT2D eigenvalue weighted by Gasteiger charge is -2.12. The number of halogens is 1. The normalized spacial score (nSPS) is 11.1. The van der Waals surface area contributed by atoms with E-state index in [4.69, 9.17) is 0 Å². The van der Waals surface area contributed by atoms with Gasteiger partial charge in [-0.05, 0) is 56.5 Å². The van der Waals surface area contributed by atoms with Crippen LogP contribution >= 0.6 is 0 Å². The zero-order valence-corrected chi connectivity index (χ0v) is 15.7. The predicted octanol–water partition coefficient (Wildman–Crippen LogP) is 5.02. The summed E-state index contributed by atoms with van der Waals surface area (Å²) in [4.78, 5) is 16.7. The summed E-state index contributed by atoms with van der Waals surface area (Å²) in [7, 11) is 0. The molecule has 5 heteroatoms. The molecule has 1 aromatic carbocycles. The van der Waals surface area contributed by atoms with Crippen LogP contribution in [-0.2, 0) is 13.1 Å². The molecule has 0 aliphatic heterocycles. The van der Waals surface area contributed by atoms with Crippen LogP contribution in [0.2, 0.25) is 0 Å². The Kier molecular flexibility index (Phi) is 5.07. The largest absolute Gasteiger partial charge is 0.364 e. The maximum atomic E-state index is 13.3. The van der Waals surface area contributed by atoms with Crippen molar-refractivity contribution < 1.29 is 9.18 Å². The van der Waals surface area contributed by atoms with Gasteiger partial charge in [0.25, 0.3) is 0 Å². The summed E-state index contributed by atoms with van der Waals surface area (Å²) in [5, 5.41) is 4.30. The Balaban J connectivity index is 2.05. The van der Waals surface area contributed by atoms with E-state index < -0.39 is 0 Å². The van der Waals surface area contributed by atoms with Crippen molar-refractivity contribution in [3.8, 4) is 0 Å². The minimum atomic E-state index is -0.231. The number of fused-ring (bicyclic) bond motifs is 1. The summed E-state index contributed by atoms with van der Waals surface area (Å²) in [6, 6.07) is 6.69. The first-order valence-electron chi connectivity index (χ1n) is 8.91. The van der Waals surface area contributed by atoms with Gasteiger partial charge in [-0.2, -0.15) is 0 Å². The average molecular weight is 353 g/mol. The van der Waals surface area contributed by atoms with Crippen molar-refractivity contribution in [2.75, 3.05) is 5.32 Å². The minimum Gasteiger partial charge on any atom is -0.364 e. The van der Waals surface area contributed by atoms with Gasteiger partial charge in [-0.15, -0.1) is 0 Å². The van der Waals surface area contributed by atoms with Crippen LogP contribution in [0.3, 0.4) is 0 Å². The summed E-state index contributed by atoms with van der Waals surface area (Å²) in [5.74, 6) is 0.578. The number of aryl methyl sites for hydroxylation is 2. The molecule has 2 aromatic heterocycles. The van der Waals surface area contributed by atoms with Crippen LogP contribution in [0.4, 0.5) is 10.2 Å². The van der Waals surface area contributed by atoms with Crippen molar-refractivity contribution in [2.24, 2.45) is 0 Å². The van der Waals surface area contributed by atoms with Crippen molar-refractivity contribution in [1.29, 1.82) is 0 Å². The standard InChI is InChI=1S/C21H24FN3O/c1-5-10-25-14(3)19(15(4)26)18-8-9-23-21(20(18)25)24-12-16-6-7-17(22)11-13(16)2/h6-9,11H,5,10,12H2,1-4H3,(H,23,24). The van der Waals surface area contributed by atoms with Gasteiger partial charge in [0.2, 0.25) is 0 Å². The number of rotatable bonds is 6. The van der Waals surface area contributed by atoms with Crippen molar-refractivity contribution in [2.45, 2.75) is 47.2 Å². The van der Waals surface area contributed by atoms with Gasteiger partial charge in [0.05, 0.1) is 5.52 Å². The molecule has 0 saturated heterocycles.